The first-order valence-electron chi connectivity index (χ1n) is 8.11. The molecule has 3 amide bonds. The van der Waals surface area contributed by atoms with E-state index in [1.165, 1.54) is 34.8 Å². The fraction of sp³-hybridized carbons (Fsp3) is 0.176. The van der Waals surface area contributed by atoms with Crippen molar-refractivity contribution in [3.63, 3.8) is 0 Å². The molecule has 3 rings (SSSR count). The Bertz CT molecular complexity index is 1030. The summed E-state index contributed by atoms with van der Waals surface area (Å²) in [6.07, 6.45) is -4.60. The van der Waals surface area contributed by atoms with Gasteiger partial charge in [-0.1, -0.05) is 6.07 Å². The minimum atomic E-state index is -4.52. The molecule has 0 aliphatic heterocycles. The zero-order chi connectivity index (χ0) is 21.0. The summed E-state index contributed by atoms with van der Waals surface area (Å²) in [7, 11) is 0. The zero-order valence-corrected chi connectivity index (χ0v) is 16.5. The van der Waals surface area contributed by atoms with Crippen LogP contribution >= 0.6 is 22.7 Å². The van der Waals surface area contributed by atoms with Crippen LogP contribution in [-0.4, -0.2) is 21.9 Å². The molecule has 0 spiro atoms. The maximum Gasteiger partial charge on any atom is 0.416 e. The molecule has 0 radical (unpaired) electrons. The molecular formula is C17H14F3N5O2S2. The minimum Gasteiger partial charge on any atom is -0.307 e. The van der Waals surface area contributed by atoms with Crippen LogP contribution < -0.4 is 16.2 Å². The van der Waals surface area contributed by atoms with Gasteiger partial charge in [-0.3, -0.25) is 10.2 Å². The van der Waals surface area contributed by atoms with Crippen LogP contribution in [-0.2, 0) is 17.4 Å². The van der Waals surface area contributed by atoms with Crippen LogP contribution in [0.25, 0.3) is 10.7 Å². The summed E-state index contributed by atoms with van der Waals surface area (Å²) in [5.74, 6) is -0.532. The topological polar surface area (TPSA) is 96.0 Å². The Balaban J connectivity index is 1.49. The molecule has 1 aromatic carbocycles. The highest BCUT2D eigenvalue weighted by Crippen LogP contribution is 2.30. The van der Waals surface area contributed by atoms with Crippen LogP contribution in [0.5, 0.6) is 0 Å². The summed E-state index contributed by atoms with van der Waals surface area (Å²) in [6.45, 7) is 1.88. The maximum absolute atomic E-state index is 12.7. The molecule has 0 bridgehead atoms. The number of urea groups is 1. The van der Waals surface area contributed by atoms with E-state index < -0.39 is 23.7 Å². The summed E-state index contributed by atoms with van der Waals surface area (Å²) in [6, 6.07) is 3.27. The van der Waals surface area contributed by atoms with E-state index in [0.717, 1.165) is 22.8 Å². The third-order valence-electron chi connectivity index (χ3n) is 3.49. The Labute approximate surface area is 171 Å². The van der Waals surface area contributed by atoms with Gasteiger partial charge in [0.25, 0.3) is 0 Å². The van der Waals surface area contributed by atoms with E-state index >= 15 is 0 Å². The molecule has 2 heterocycles. The number of alkyl halides is 3. The number of nitrogens with zero attached hydrogens (tertiary/aromatic N) is 2. The number of thiazole rings is 2. The number of carbonyl (C=O) groups is 2. The Morgan fingerprint density at radius 2 is 1.90 bits per heavy atom. The van der Waals surface area contributed by atoms with Gasteiger partial charge in [0.05, 0.1) is 22.7 Å². The summed E-state index contributed by atoms with van der Waals surface area (Å²) < 4.78 is 38.1. The largest absolute Gasteiger partial charge is 0.416 e. The summed E-state index contributed by atoms with van der Waals surface area (Å²) in [5.41, 5.74) is 4.55. The van der Waals surface area contributed by atoms with Crippen LogP contribution in [0.1, 0.15) is 16.3 Å². The third kappa shape index (κ3) is 5.74. The molecule has 0 saturated carbocycles. The van der Waals surface area contributed by atoms with Crippen LogP contribution in [0.4, 0.5) is 23.7 Å². The van der Waals surface area contributed by atoms with Gasteiger partial charge in [0, 0.05) is 16.4 Å². The molecule has 7 nitrogen and oxygen atoms in total. The van der Waals surface area contributed by atoms with Crippen molar-refractivity contribution < 1.29 is 22.8 Å². The lowest BCUT2D eigenvalue weighted by molar-refractivity contribution is -0.137. The number of benzene rings is 1. The molecule has 0 atom stereocenters. The molecule has 3 N–H and O–H groups in total. The van der Waals surface area contributed by atoms with Gasteiger partial charge in [0.15, 0.2) is 0 Å². The molecular weight excluding hydrogens is 427 g/mol. The summed E-state index contributed by atoms with van der Waals surface area (Å²) >= 11 is 2.84. The van der Waals surface area contributed by atoms with Crippen molar-refractivity contribution in [2.45, 2.75) is 19.5 Å². The molecule has 0 aliphatic carbocycles. The number of hydrogen-bond donors (Lipinski definition) is 3. The number of aromatic nitrogens is 2. The van der Waals surface area contributed by atoms with Gasteiger partial charge in [-0.15, -0.1) is 22.7 Å². The lowest BCUT2D eigenvalue weighted by atomic mass is 10.2. The van der Waals surface area contributed by atoms with Gasteiger partial charge in [-0.05, 0) is 25.1 Å². The molecule has 12 heteroatoms. The molecule has 0 fully saturated rings. The van der Waals surface area contributed by atoms with E-state index in [1.54, 1.807) is 5.38 Å². The second-order valence-electron chi connectivity index (χ2n) is 5.78. The summed E-state index contributed by atoms with van der Waals surface area (Å²) in [4.78, 5) is 32.4. The summed E-state index contributed by atoms with van der Waals surface area (Å²) in [5, 5.41) is 7.40. The van der Waals surface area contributed by atoms with E-state index in [4.69, 9.17) is 0 Å². The highest BCUT2D eigenvalue weighted by Gasteiger charge is 2.30. The highest BCUT2D eigenvalue weighted by molar-refractivity contribution is 7.14. The van der Waals surface area contributed by atoms with Gasteiger partial charge >= 0.3 is 12.2 Å². The van der Waals surface area contributed by atoms with Gasteiger partial charge < -0.3 is 5.32 Å². The lowest BCUT2D eigenvalue weighted by Gasteiger charge is -2.11. The van der Waals surface area contributed by atoms with Gasteiger partial charge in [0.2, 0.25) is 5.91 Å². The number of anilines is 1. The Morgan fingerprint density at radius 1 is 1.10 bits per heavy atom. The fourth-order valence-corrected chi connectivity index (χ4v) is 3.69. The van der Waals surface area contributed by atoms with Crippen LogP contribution in [0.2, 0.25) is 0 Å². The van der Waals surface area contributed by atoms with Crippen molar-refractivity contribution in [2.75, 3.05) is 5.32 Å². The number of hydrogen-bond acceptors (Lipinski definition) is 6. The molecule has 29 heavy (non-hydrogen) atoms. The SMILES string of the molecule is Cc1nc(-c2nc(CC(=O)NNC(=O)Nc3cccc(C(F)(F)F)c3)cs2)cs1. The first-order chi connectivity index (χ1) is 13.7. The normalized spacial score (nSPS) is 11.2. The van der Waals surface area contributed by atoms with Crippen molar-refractivity contribution in [3.8, 4) is 10.7 Å². The molecule has 3 aromatic rings. The molecule has 0 unspecified atom stereocenters. The van der Waals surface area contributed by atoms with Gasteiger partial charge in [-0.2, -0.15) is 13.2 Å². The number of nitrogens with one attached hydrogen (secondary N) is 3. The lowest BCUT2D eigenvalue weighted by Crippen LogP contribution is -2.44. The number of amides is 3. The number of hydrazine groups is 1. The number of halogens is 3. The van der Waals surface area contributed by atoms with Crippen molar-refractivity contribution >= 4 is 40.3 Å². The van der Waals surface area contributed by atoms with Gasteiger partial charge in [-0.25, -0.2) is 20.2 Å². The molecule has 0 aliphatic rings. The second-order valence-corrected chi connectivity index (χ2v) is 7.70. The minimum absolute atomic E-state index is 0.0609. The average Bonchev–Trinajstić information content (AvgIpc) is 3.28. The van der Waals surface area contributed by atoms with Crippen LogP contribution in [0.15, 0.2) is 35.0 Å². The van der Waals surface area contributed by atoms with Crippen LogP contribution in [0.3, 0.4) is 0 Å². The molecule has 0 saturated heterocycles. The van der Waals surface area contributed by atoms with Crippen molar-refractivity contribution in [3.05, 3.63) is 51.3 Å². The number of rotatable bonds is 4. The first-order valence-corrected chi connectivity index (χ1v) is 9.86. The number of carbonyl (C=O) groups excluding carboxylic acids is 2. The second kappa shape index (κ2) is 8.57. The predicted molar refractivity (Wildman–Crippen MR) is 103 cm³/mol. The molecule has 2 aromatic heterocycles. The first kappa shape index (κ1) is 20.7. The third-order valence-corrected chi connectivity index (χ3v) is 5.18. The van der Waals surface area contributed by atoms with E-state index in [0.29, 0.717) is 10.7 Å². The van der Waals surface area contributed by atoms with Gasteiger partial charge in [0.1, 0.15) is 10.7 Å². The fourth-order valence-electron chi connectivity index (χ4n) is 2.24. The zero-order valence-electron chi connectivity index (χ0n) is 14.8. The van der Waals surface area contributed by atoms with Crippen molar-refractivity contribution in [1.29, 1.82) is 0 Å². The van der Waals surface area contributed by atoms with E-state index in [1.807, 2.05) is 12.3 Å². The average molecular weight is 441 g/mol. The quantitative estimate of drug-likeness (QED) is 0.534. The smallest absolute Gasteiger partial charge is 0.307 e. The maximum atomic E-state index is 12.7. The molecule has 152 valence electrons. The van der Waals surface area contributed by atoms with Crippen molar-refractivity contribution in [2.24, 2.45) is 0 Å². The number of aryl methyl sites for hydroxylation is 1. The predicted octanol–water partition coefficient (Wildman–Crippen LogP) is 3.99. The monoisotopic (exact) mass is 441 g/mol. The van der Waals surface area contributed by atoms with Crippen molar-refractivity contribution in [1.82, 2.24) is 20.8 Å². The van der Waals surface area contributed by atoms with E-state index in [9.17, 15) is 22.8 Å². The Kier molecular flexibility index (Phi) is 6.13. The highest BCUT2D eigenvalue weighted by atomic mass is 32.1. The van der Waals surface area contributed by atoms with E-state index in [-0.39, 0.29) is 12.1 Å². The standard InChI is InChI=1S/C17H14F3N5O2S2/c1-9-21-13(8-28-9)15-22-12(7-29-15)6-14(26)24-25-16(27)23-11-4-2-3-10(5-11)17(18,19)20/h2-5,7-8H,6H2,1H3,(H,24,26)(H2,23,25,27). The Morgan fingerprint density at radius 3 is 2.59 bits per heavy atom. The van der Waals surface area contributed by atoms with E-state index in [2.05, 4.69) is 26.1 Å². The van der Waals surface area contributed by atoms with Crippen LogP contribution in [0, 0.1) is 6.92 Å². The Hall–Kier alpha value is -2.99.